The Morgan fingerprint density at radius 1 is 1.43 bits per heavy atom. The van der Waals surface area contributed by atoms with Crippen LogP contribution >= 0.6 is 11.9 Å². The summed E-state index contributed by atoms with van der Waals surface area (Å²) in [6.07, 6.45) is 2.00. The van der Waals surface area contributed by atoms with E-state index in [1.807, 2.05) is 18.0 Å². The molecule has 0 saturated heterocycles. The van der Waals surface area contributed by atoms with Crippen molar-refractivity contribution in [2.75, 3.05) is 11.0 Å². The smallest absolute Gasteiger partial charge is 0.165 e. The van der Waals surface area contributed by atoms with E-state index in [1.54, 1.807) is 11.9 Å². The Kier molecular flexibility index (Phi) is 2.37. The maximum Gasteiger partial charge on any atom is 0.165 e. The third kappa shape index (κ3) is 1.35. The zero-order chi connectivity index (χ0) is 10.1. The first-order chi connectivity index (χ1) is 6.74. The molecule has 0 saturated carbocycles. The van der Waals surface area contributed by atoms with Gasteiger partial charge in [-0.15, -0.1) is 0 Å². The van der Waals surface area contributed by atoms with Crippen LogP contribution < -0.4 is 4.72 Å². The number of anilines is 1. The fourth-order valence-corrected chi connectivity index (χ4v) is 2.05. The molecule has 1 aromatic heterocycles. The van der Waals surface area contributed by atoms with Gasteiger partial charge in [0.2, 0.25) is 0 Å². The summed E-state index contributed by atoms with van der Waals surface area (Å²) in [6, 6.07) is 6.26. The average molecular weight is 207 g/mol. The molecule has 2 rings (SSSR count). The lowest BCUT2D eigenvalue weighted by Gasteiger charge is -1.98. The second-order valence-corrected chi connectivity index (χ2v) is 3.86. The van der Waals surface area contributed by atoms with Gasteiger partial charge >= 0.3 is 0 Å². The number of fused-ring (bicyclic) bond motifs is 1. The van der Waals surface area contributed by atoms with Gasteiger partial charge in [0.1, 0.15) is 0 Å². The minimum atomic E-state index is 0.943. The Bertz CT molecular complexity index is 462. The first kappa shape index (κ1) is 9.40. The van der Waals surface area contributed by atoms with E-state index in [2.05, 4.69) is 34.9 Å². The quantitative estimate of drug-likeness (QED) is 0.768. The number of rotatable bonds is 2. The summed E-state index contributed by atoms with van der Waals surface area (Å²) in [4.78, 5) is 0. The summed E-state index contributed by atoms with van der Waals surface area (Å²) in [5.74, 6) is 0.943. The molecule has 4 heteroatoms. The number of nitrogens with zero attached hydrogens (tertiary/aromatic N) is 2. The van der Waals surface area contributed by atoms with E-state index in [-0.39, 0.29) is 0 Å². The highest BCUT2D eigenvalue weighted by Crippen LogP contribution is 2.25. The first-order valence-corrected chi connectivity index (χ1v) is 5.68. The van der Waals surface area contributed by atoms with Crippen LogP contribution in [-0.4, -0.2) is 16.0 Å². The molecule has 14 heavy (non-hydrogen) atoms. The van der Waals surface area contributed by atoms with Gasteiger partial charge in [0.25, 0.3) is 0 Å². The summed E-state index contributed by atoms with van der Waals surface area (Å²) < 4.78 is 5.10. The molecule has 3 nitrogen and oxygen atoms in total. The molecule has 1 N–H and O–H groups in total. The summed E-state index contributed by atoms with van der Waals surface area (Å²) in [6.45, 7) is 2.10. The molecule has 1 heterocycles. The van der Waals surface area contributed by atoms with E-state index in [9.17, 15) is 0 Å². The summed E-state index contributed by atoms with van der Waals surface area (Å²) in [5.41, 5.74) is 2.45. The zero-order valence-electron chi connectivity index (χ0n) is 8.53. The lowest BCUT2D eigenvalue weighted by molar-refractivity contribution is 0.800. The molecule has 0 amide bonds. The average Bonchev–Trinajstić information content (AvgIpc) is 2.46. The predicted octanol–water partition coefficient (Wildman–Crippen LogP) is 2.57. The van der Waals surface area contributed by atoms with Gasteiger partial charge in [-0.1, -0.05) is 24.1 Å². The van der Waals surface area contributed by atoms with Crippen molar-refractivity contribution in [3.8, 4) is 0 Å². The van der Waals surface area contributed by atoms with Crippen LogP contribution in [-0.2, 0) is 7.05 Å². The van der Waals surface area contributed by atoms with E-state index in [0.29, 0.717) is 0 Å². The molecular formula is C10H13N3S. The lowest BCUT2D eigenvalue weighted by Crippen LogP contribution is -1.92. The SMILES string of the molecule is CSNc1nn(C)c2c(C)cccc12. The number of aryl methyl sites for hydroxylation is 2. The van der Waals surface area contributed by atoms with E-state index in [1.165, 1.54) is 16.5 Å². The molecule has 0 radical (unpaired) electrons. The molecule has 0 unspecified atom stereocenters. The molecular weight excluding hydrogens is 194 g/mol. The van der Waals surface area contributed by atoms with Gasteiger partial charge in [-0.05, 0) is 18.6 Å². The van der Waals surface area contributed by atoms with Crippen LogP contribution in [0.15, 0.2) is 18.2 Å². The maximum atomic E-state index is 4.43. The second kappa shape index (κ2) is 3.53. The molecule has 0 aliphatic carbocycles. The number of hydrogen-bond acceptors (Lipinski definition) is 3. The number of aromatic nitrogens is 2. The van der Waals surface area contributed by atoms with Crippen LogP contribution in [0, 0.1) is 6.92 Å². The van der Waals surface area contributed by atoms with Crippen molar-refractivity contribution in [3.63, 3.8) is 0 Å². The highest BCUT2D eigenvalue weighted by Gasteiger charge is 2.08. The van der Waals surface area contributed by atoms with Crippen LogP contribution in [0.5, 0.6) is 0 Å². The van der Waals surface area contributed by atoms with Gasteiger partial charge in [-0.2, -0.15) is 5.10 Å². The van der Waals surface area contributed by atoms with Gasteiger partial charge < -0.3 is 4.72 Å². The fraction of sp³-hybridized carbons (Fsp3) is 0.300. The normalized spacial score (nSPS) is 10.8. The first-order valence-electron chi connectivity index (χ1n) is 4.45. The van der Waals surface area contributed by atoms with Gasteiger partial charge in [-0.3, -0.25) is 4.68 Å². The van der Waals surface area contributed by atoms with Crippen molar-refractivity contribution in [1.29, 1.82) is 0 Å². The summed E-state index contributed by atoms with van der Waals surface area (Å²) in [5, 5.41) is 5.61. The Morgan fingerprint density at radius 3 is 2.93 bits per heavy atom. The summed E-state index contributed by atoms with van der Waals surface area (Å²) in [7, 11) is 1.97. The van der Waals surface area contributed by atoms with Crippen molar-refractivity contribution < 1.29 is 0 Å². The maximum absolute atomic E-state index is 4.43. The van der Waals surface area contributed by atoms with Crippen LogP contribution in [0.2, 0.25) is 0 Å². The Labute approximate surface area is 87.6 Å². The monoisotopic (exact) mass is 207 g/mol. The molecule has 0 atom stereocenters. The molecule has 1 aromatic carbocycles. The highest BCUT2D eigenvalue weighted by molar-refractivity contribution is 7.99. The van der Waals surface area contributed by atoms with Crippen molar-refractivity contribution in [3.05, 3.63) is 23.8 Å². The van der Waals surface area contributed by atoms with Crippen LogP contribution in [0.4, 0.5) is 5.82 Å². The topological polar surface area (TPSA) is 29.9 Å². The third-order valence-corrected chi connectivity index (χ3v) is 2.66. The molecule has 0 bridgehead atoms. The summed E-state index contributed by atoms with van der Waals surface area (Å²) >= 11 is 1.56. The van der Waals surface area contributed by atoms with Crippen LogP contribution in [0.1, 0.15) is 5.56 Å². The van der Waals surface area contributed by atoms with E-state index in [4.69, 9.17) is 0 Å². The molecule has 74 valence electrons. The third-order valence-electron chi connectivity index (χ3n) is 2.27. The minimum absolute atomic E-state index is 0.943. The van der Waals surface area contributed by atoms with Gasteiger partial charge in [0.15, 0.2) is 5.82 Å². The van der Waals surface area contributed by atoms with Crippen molar-refractivity contribution in [1.82, 2.24) is 9.78 Å². The predicted molar refractivity (Wildman–Crippen MR) is 62.6 cm³/mol. The number of para-hydroxylation sites is 1. The second-order valence-electron chi connectivity index (χ2n) is 3.25. The lowest BCUT2D eigenvalue weighted by atomic mass is 10.1. The van der Waals surface area contributed by atoms with Crippen molar-refractivity contribution in [2.45, 2.75) is 6.92 Å². The van der Waals surface area contributed by atoms with E-state index in [0.717, 1.165) is 5.82 Å². The zero-order valence-corrected chi connectivity index (χ0v) is 9.35. The van der Waals surface area contributed by atoms with Crippen molar-refractivity contribution >= 4 is 28.7 Å². The van der Waals surface area contributed by atoms with Gasteiger partial charge in [0.05, 0.1) is 5.52 Å². The minimum Gasteiger partial charge on any atom is -0.313 e. The molecule has 0 aliphatic heterocycles. The molecule has 0 spiro atoms. The Hall–Kier alpha value is -1.16. The van der Waals surface area contributed by atoms with Gasteiger partial charge in [0, 0.05) is 18.7 Å². The van der Waals surface area contributed by atoms with Crippen LogP contribution in [0.3, 0.4) is 0 Å². The Balaban J connectivity index is 2.71. The largest absolute Gasteiger partial charge is 0.313 e. The highest BCUT2D eigenvalue weighted by atomic mass is 32.2. The van der Waals surface area contributed by atoms with Crippen LogP contribution in [0.25, 0.3) is 10.9 Å². The number of benzene rings is 1. The standard InChI is InChI=1S/C10H13N3S/c1-7-5-4-6-8-9(7)13(2)11-10(8)12-14-3/h4-6H,1-3H3,(H,11,12). The number of hydrogen-bond donors (Lipinski definition) is 1. The fourth-order valence-electron chi connectivity index (χ4n) is 1.71. The molecule has 0 fully saturated rings. The van der Waals surface area contributed by atoms with E-state index < -0.39 is 0 Å². The van der Waals surface area contributed by atoms with Gasteiger partial charge in [-0.25, -0.2) is 0 Å². The molecule has 2 aromatic rings. The Morgan fingerprint density at radius 2 is 2.21 bits per heavy atom. The van der Waals surface area contributed by atoms with Crippen molar-refractivity contribution in [2.24, 2.45) is 7.05 Å². The number of nitrogens with one attached hydrogen (secondary N) is 1. The molecule has 0 aliphatic rings. The van der Waals surface area contributed by atoms with E-state index >= 15 is 0 Å².